The van der Waals surface area contributed by atoms with Gasteiger partial charge in [0.15, 0.2) is 0 Å². The minimum absolute atomic E-state index is 0.0769. The number of ketones is 1. The number of benzene rings is 2. The number of carbonyl (C=O) groups is 2. The van der Waals surface area contributed by atoms with Crippen LogP contribution in [-0.4, -0.2) is 37.8 Å². The SMILES string of the molecule is O=C1C(=O)N(CCCn2ccnc2)C(c2cccc(Br)c2)/C1=C(\O)c1ccc(Cl)cc1. The quantitative estimate of drug-likeness (QED) is 0.299. The standard InChI is InChI=1S/C23H19BrClN3O3/c24-17-4-1-3-16(13-17)20-19(21(29)15-5-7-18(25)8-6-15)22(30)23(31)28(20)11-2-10-27-12-9-26-14-27/h1,3-9,12-14,20,29H,2,10-11H2/b21-19+. The number of aryl methyl sites for hydroxylation is 1. The second-order valence-electron chi connectivity index (χ2n) is 7.21. The summed E-state index contributed by atoms with van der Waals surface area (Å²) >= 11 is 9.41. The van der Waals surface area contributed by atoms with Crippen LogP contribution in [-0.2, 0) is 16.1 Å². The minimum Gasteiger partial charge on any atom is -0.507 e. The van der Waals surface area contributed by atoms with Gasteiger partial charge in [0.05, 0.1) is 17.9 Å². The zero-order valence-corrected chi connectivity index (χ0v) is 18.8. The first kappa shape index (κ1) is 21.3. The van der Waals surface area contributed by atoms with Crippen molar-refractivity contribution in [2.24, 2.45) is 0 Å². The molecule has 158 valence electrons. The maximum Gasteiger partial charge on any atom is 0.295 e. The molecule has 4 rings (SSSR count). The number of likely N-dealkylation sites (tertiary alicyclic amines) is 1. The minimum atomic E-state index is -0.694. The molecule has 2 heterocycles. The Labute approximate surface area is 192 Å². The second kappa shape index (κ2) is 9.08. The highest BCUT2D eigenvalue weighted by Gasteiger charge is 2.45. The lowest BCUT2D eigenvalue weighted by Gasteiger charge is -2.25. The van der Waals surface area contributed by atoms with E-state index < -0.39 is 17.7 Å². The Kier molecular flexibility index (Phi) is 6.25. The number of Topliss-reactive ketones (excluding diaryl/α,β-unsaturated/α-hetero) is 1. The van der Waals surface area contributed by atoms with Gasteiger partial charge in [-0.2, -0.15) is 0 Å². The van der Waals surface area contributed by atoms with Crippen LogP contribution in [0.1, 0.15) is 23.6 Å². The Bertz CT molecular complexity index is 1140. The van der Waals surface area contributed by atoms with Gasteiger partial charge in [-0.05, 0) is 48.4 Å². The molecule has 0 spiro atoms. The van der Waals surface area contributed by atoms with Crippen molar-refractivity contribution in [3.63, 3.8) is 0 Å². The van der Waals surface area contributed by atoms with E-state index >= 15 is 0 Å². The molecule has 1 amide bonds. The zero-order chi connectivity index (χ0) is 22.0. The Morgan fingerprint density at radius 2 is 1.90 bits per heavy atom. The molecular formula is C23H19BrClN3O3. The van der Waals surface area contributed by atoms with Crippen LogP contribution in [0.4, 0.5) is 0 Å². The topological polar surface area (TPSA) is 75.4 Å². The number of hydrogen-bond donors (Lipinski definition) is 1. The van der Waals surface area contributed by atoms with Crippen LogP contribution in [0.25, 0.3) is 5.76 Å². The lowest BCUT2D eigenvalue weighted by atomic mass is 9.95. The first-order valence-electron chi connectivity index (χ1n) is 9.71. The van der Waals surface area contributed by atoms with Crippen molar-refractivity contribution >= 4 is 45.0 Å². The van der Waals surface area contributed by atoms with Gasteiger partial charge < -0.3 is 14.6 Å². The molecule has 1 unspecified atom stereocenters. The van der Waals surface area contributed by atoms with Gasteiger partial charge in [0.1, 0.15) is 5.76 Å². The summed E-state index contributed by atoms with van der Waals surface area (Å²) in [6.07, 6.45) is 5.88. The number of imidazole rings is 1. The molecule has 1 aromatic heterocycles. The lowest BCUT2D eigenvalue weighted by Crippen LogP contribution is -2.31. The molecule has 1 atom stereocenters. The molecule has 6 nitrogen and oxygen atoms in total. The van der Waals surface area contributed by atoms with Crippen LogP contribution in [0.2, 0.25) is 5.02 Å². The molecule has 0 saturated carbocycles. The Balaban J connectivity index is 1.73. The van der Waals surface area contributed by atoms with E-state index in [1.807, 2.05) is 35.0 Å². The van der Waals surface area contributed by atoms with Crippen molar-refractivity contribution in [2.45, 2.75) is 19.0 Å². The lowest BCUT2D eigenvalue weighted by molar-refractivity contribution is -0.139. The third-order valence-corrected chi connectivity index (χ3v) is 5.94. The molecule has 0 aliphatic carbocycles. The highest BCUT2D eigenvalue weighted by atomic mass is 79.9. The van der Waals surface area contributed by atoms with E-state index in [1.165, 1.54) is 4.90 Å². The Morgan fingerprint density at radius 3 is 2.58 bits per heavy atom. The number of hydrogen-bond acceptors (Lipinski definition) is 4. The summed E-state index contributed by atoms with van der Waals surface area (Å²) in [4.78, 5) is 31.5. The van der Waals surface area contributed by atoms with Crippen molar-refractivity contribution in [1.29, 1.82) is 0 Å². The zero-order valence-electron chi connectivity index (χ0n) is 16.4. The predicted octanol–water partition coefficient (Wildman–Crippen LogP) is 4.81. The van der Waals surface area contributed by atoms with Gasteiger partial charge >= 0.3 is 0 Å². The van der Waals surface area contributed by atoms with Crippen LogP contribution >= 0.6 is 27.5 Å². The van der Waals surface area contributed by atoms with Crippen LogP contribution in [0.15, 0.2) is 77.3 Å². The summed E-state index contributed by atoms with van der Waals surface area (Å²) in [6.45, 7) is 1.02. The maximum absolute atomic E-state index is 13.0. The Hall–Kier alpha value is -2.90. The van der Waals surface area contributed by atoms with Crippen LogP contribution in [0, 0.1) is 0 Å². The van der Waals surface area contributed by atoms with E-state index in [2.05, 4.69) is 20.9 Å². The number of carbonyl (C=O) groups excluding carboxylic acids is 2. The van der Waals surface area contributed by atoms with Gasteiger partial charge in [0.25, 0.3) is 11.7 Å². The van der Waals surface area contributed by atoms with E-state index in [9.17, 15) is 14.7 Å². The van der Waals surface area contributed by atoms with E-state index in [4.69, 9.17) is 11.6 Å². The van der Waals surface area contributed by atoms with Gasteiger partial charge in [0, 0.05) is 40.5 Å². The molecule has 1 aliphatic heterocycles. The van der Waals surface area contributed by atoms with E-state index in [1.54, 1.807) is 36.8 Å². The van der Waals surface area contributed by atoms with E-state index in [0.29, 0.717) is 30.1 Å². The fourth-order valence-corrected chi connectivity index (χ4v) is 4.28. The third-order valence-electron chi connectivity index (χ3n) is 5.20. The van der Waals surface area contributed by atoms with Crippen LogP contribution < -0.4 is 0 Å². The van der Waals surface area contributed by atoms with Crippen molar-refractivity contribution in [3.05, 3.63) is 93.4 Å². The highest BCUT2D eigenvalue weighted by Crippen LogP contribution is 2.40. The fraction of sp³-hybridized carbons (Fsp3) is 0.174. The van der Waals surface area contributed by atoms with Crippen molar-refractivity contribution < 1.29 is 14.7 Å². The second-order valence-corrected chi connectivity index (χ2v) is 8.56. The largest absolute Gasteiger partial charge is 0.507 e. The first-order valence-corrected chi connectivity index (χ1v) is 10.9. The number of halogens is 2. The van der Waals surface area contributed by atoms with Gasteiger partial charge in [-0.1, -0.05) is 39.7 Å². The van der Waals surface area contributed by atoms with Crippen molar-refractivity contribution in [1.82, 2.24) is 14.5 Å². The number of rotatable bonds is 6. The van der Waals surface area contributed by atoms with Gasteiger partial charge in [0.2, 0.25) is 0 Å². The van der Waals surface area contributed by atoms with Gasteiger partial charge in [-0.25, -0.2) is 4.98 Å². The molecule has 3 aromatic rings. The summed E-state index contributed by atoms with van der Waals surface area (Å²) in [6, 6.07) is 13.2. The molecule has 0 radical (unpaired) electrons. The molecular weight excluding hydrogens is 482 g/mol. The number of aliphatic hydroxyl groups excluding tert-OH is 1. The average Bonchev–Trinajstić information content (AvgIpc) is 3.36. The van der Waals surface area contributed by atoms with Crippen molar-refractivity contribution in [2.75, 3.05) is 6.54 Å². The number of nitrogens with zero attached hydrogens (tertiary/aromatic N) is 3. The van der Waals surface area contributed by atoms with Crippen molar-refractivity contribution in [3.8, 4) is 0 Å². The molecule has 1 saturated heterocycles. The molecule has 1 fully saturated rings. The van der Waals surface area contributed by atoms with Gasteiger partial charge in [-0.15, -0.1) is 0 Å². The first-order chi connectivity index (χ1) is 15.0. The third kappa shape index (κ3) is 4.43. The van der Waals surface area contributed by atoms with Crippen LogP contribution in [0.3, 0.4) is 0 Å². The molecule has 31 heavy (non-hydrogen) atoms. The normalized spacial score (nSPS) is 18.0. The number of amides is 1. The Morgan fingerprint density at radius 1 is 1.13 bits per heavy atom. The fourth-order valence-electron chi connectivity index (χ4n) is 3.74. The number of aliphatic hydroxyl groups is 1. The predicted molar refractivity (Wildman–Crippen MR) is 121 cm³/mol. The summed E-state index contributed by atoms with van der Waals surface area (Å²) in [5, 5.41) is 11.5. The summed E-state index contributed by atoms with van der Waals surface area (Å²) < 4.78 is 2.73. The number of aromatic nitrogens is 2. The molecule has 1 N–H and O–H groups in total. The average molecular weight is 501 g/mol. The van der Waals surface area contributed by atoms with Gasteiger partial charge in [-0.3, -0.25) is 9.59 Å². The maximum atomic E-state index is 13.0. The van der Waals surface area contributed by atoms with Crippen LogP contribution in [0.5, 0.6) is 0 Å². The summed E-state index contributed by atoms with van der Waals surface area (Å²) in [7, 11) is 0. The monoisotopic (exact) mass is 499 g/mol. The van der Waals surface area contributed by atoms with E-state index in [0.717, 1.165) is 10.0 Å². The molecule has 2 aromatic carbocycles. The smallest absolute Gasteiger partial charge is 0.295 e. The molecule has 0 bridgehead atoms. The highest BCUT2D eigenvalue weighted by molar-refractivity contribution is 9.10. The summed E-state index contributed by atoms with van der Waals surface area (Å²) in [5.41, 5.74) is 1.25. The molecule has 8 heteroatoms. The summed E-state index contributed by atoms with van der Waals surface area (Å²) in [5.74, 6) is -1.52. The molecule has 1 aliphatic rings. The van der Waals surface area contributed by atoms with E-state index in [-0.39, 0.29) is 11.3 Å².